The van der Waals surface area contributed by atoms with Gasteiger partial charge in [0.15, 0.2) is 0 Å². The van der Waals surface area contributed by atoms with Crippen LogP contribution in [0, 0.1) is 0 Å². The zero-order chi connectivity index (χ0) is 15.5. The van der Waals surface area contributed by atoms with Gasteiger partial charge in [0.2, 0.25) is 0 Å². The molecule has 0 radical (unpaired) electrons. The highest BCUT2D eigenvalue weighted by molar-refractivity contribution is 7.17. The Balaban J connectivity index is 1.74. The molecule has 0 saturated heterocycles. The molecule has 0 aliphatic carbocycles. The Morgan fingerprint density at radius 3 is 2.45 bits per heavy atom. The van der Waals surface area contributed by atoms with Gasteiger partial charge in [-0.2, -0.15) is 0 Å². The predicted octanol–water partition coefficient (Wildman–Crippen LogP) is 3.82. The molecule has 0 saturated carbocycles. The summed E-state index contributed by atoms with van der Waals surface area (Å²) in [6.07, 6.45) is 0. The van der Waals surface area contributed by atoms with E-state index in [0.717, 1.165) is 10.4 Å². The van der Waals surface area contributed by atoms with E-state index in [2.05, 4.69) is 10.3 Å². The molecule has 110 valence electrons. The zero-order valence-corrected chi connectivity index (χ0v) is 12.8. The molecule has 0 aliphatic rings. The third-order valence-electron chi connectivity index (χ3n) is 2.91. The molecule has 7 heteroatoms. The van der Waals surface area contributed by atoms with Gasteiger partial charge in [0.25, 0.3) is 5.91 Å². The van der Waals surface area contributed by atoms with Gasteiger partial charge in [-0.3, -0.25) is 4.79 Å². The first-order valence-corrected chi connectivity index (χ1v) is 8.02. The summed E-state index contributed by atoms with van der Waals surface area (Å²) in [5.74, 6) is -1.18. The number of aromatic nitrogens is 1. The molecule has 3 aromatic rings. The van der Waals surface area contributed by atoms with Crippen LogP contribution in [0.2, 0.25) is 0 Å². The monoisotopic (exact) mass is 330 g/mol. The summed E-state index contributed by atoms with van der Waals surface area (Å²) in [7, 11) is 0. The SMILES string of the molecule is O=C(Nc1ccc(-c2ccc(C(=O)O)s2)cc1)c1cscn1. The van der Waals surface area contributed by atoms with E-state index in [-0.39, 0.29) is 5.91 Å². The van der Waals surface area contributed by atoms with Crippen molar-refractivity contribution in [1.29, 1.82) is 0 Å². The molecular weight excluding hydrogens is 320 g/mol. The van der Waals surface area contributed by atoms with Gasteiger partial charge in [-0.05, 0) is 29.8 Å². The van der Waals surface area contributed by atoms with Crippen LogP contribution >= 0.6 is 22.7 Å². The van der Waals surface area contributed by atoms with Crippen molar-refractivity contribution in [3.63, 3.8) is 0 Å². The minimum absolute atomic E-state index is 0.252. The topological polar surface area (TPSA) is 79.3 Å². The Morgan fingerprint density at radius 2 is 1.86 bits per heavy atom. The van der Waals surface area contributed by atoms with E-state index < -0.39 is 5.97 Å². The number of carbonyl (C=O) groups excluding carboxylic acids is 1. The minimum atomic E-state index is -0.927. The molecule has 0 bridgehead atoms. The molecule has 5 nitrogen and oxygen atoms in total. The van der Waals surface area contributed by atoms with Gasteiger partial charge >= 0.3 is 5.97 Å². The number of benzene rings is 1. The molecule has 1 amide bonds. The van der Waals surface area contributed by atoms with Crippen LogP contribution in [0.15, 0.2) is 47.3 Å². The van der Waals surface area contributed by atoms with Crippen molar-refractivity contribution in [2.45, 2.75) is 0 Å². The Hall–Kier alpha value is -2.51. The van der Waals surface area contributed by atoms with Crippen molar-refractivity contribution in [3.05, 3.63) is 57.9 Å². The highest BCUT2D eigenvalue weighted by Crippen LogP contribution is 2.29. The summed E-state index contributed by atoms with van der Waals surface area (Å²) in [6, 6.07) is 10.6. The summed E-state index contributed by atoms with van der Waals surface area (Å²) >= 11 is 2.58. The molecule has 2 aromatic heterocycles. The van der Waals surface area contributed by atoms with E-state index in [1.165, 1.54) is 22.7 Å². The molecule has 0 fully saturated rings. The number of nitrogens with zero attached hydrogens (tertiary/aromatic N) is 1. The number of carbonyl (C=O) groups is 2. The van der Waals surface area contributed by atoms with Crippen LogP contribution in [-0.4, -0.2) is 22.0 Å². The fourth-order valence-electron chi connectivity index (χ4n) is 1.85. The first-order valence-electron chi connectivity index (χ1n) is 6.26. The van der Waals surface area contributed by atoms with Crippen molar-refractivity contribution in [1.82, 2.24) is 4.98 Å². The average molecular weight is 330 g/mol. The number of carboxylic acid groups (broad SMARTS) is 1. The number of hydrogen-bond acceptors (Lipinski definition) is 5. The molecule has 0 unspecified atom stereocenters. The summed E-state index contributed by atoms with van der Waals surface area (Å²) in [6.45, 7) is 0. The van der Waals surface area contributed by atoms with Crippen molar-refractivity contribution in [2.24, 2.45) is 0 Å². The van der Waals surface area contributed by atoms with Gasteiger partial charge in [0.1, 0.15) is 10.6 Å². The molecule has 22 heavy (non-hydrogen) atoms. The third kappa shape index (κ3) is 3.05. The standard InChI is InChI=1S/C15H10N2O3S2/c18-14(11-7-21-8-16-11)17-10-3-1-9(2-4-10)12-5-6-13(22-12)15(19)20/h1-8H,(H,17,18)(H,19,20). The molecule has 0 aliphatic heterocycles. The van der Waals surface area contributed by atoms with E-state index in [1.54, 1.807) is 35.2 Å². The lowest BCUT2D eigenvalue weighted by molar-refractivity contribution is 0.0702. The van der Waals surface area contributed by atoms with Crippen LogP contribution in [0.25, 0.3) is 10.4 Å². The van der Waals surface area contributed by atoms with Crippen LogP contribution in [-0.2, 0) is 0 Å². The zero-order valence-electron chi connectivity index (χ0n) is 11.1. The number of thiazole rings is 1. The van der Waals surface area contributed by atoms with Crippen LogP contribution in [0.4, 0.5) is 5.69 Å². The number of aromatic carboxylic acids is 1. The van der Waals surface area contributed by atoms with Crippen molar-refractivity contribution in [2.75, 3.05) is 5.32 Å². The Morgan fingerprint density at radius 1 is 1.09 bits per heavy atom. The fraction of sp³-hybridized carbons (Fsp3) is 0. The maximum absolute atomic E-state index is 11.9. The lowest BCUT2D eigenvalue weighted by Crippen LogP contribution is -2.11. The first kappa shape index (κ1) is 14.4. The lowest BCUT2D eigenvalue weighted by atomic mass is 10.1. The van der Waals surface area contributed by atoms with E-state index in [4.69, 9.17) is 5.11 Å². The average Bonchev–Trinajstić information content (AvgIpc) is 3.20. The second-order valence-corrected chi connectivity index (χ2v) is 6.18. The molecule has 1 aromatic carbocycles. The fourth-order valence-corrected chi connectivity index (χ4v) is 3.23. The third-order valence-corrected chi connectivity index (χ3v) is 4.62. The van der Waals surface area contributed by atoms with Gasteiger partial charge in [-0.15, -0.1) is 22.7 Å². The van der Waals surface area contributed by atoms with Crippen molar-refractivity contribution >= 4 is 40.2 Å². The number of amides is 1. The predicted molar refractivity (Wildman–Crippen MR) is 86.8 cm³/mol. The van der Waals surface area contributed by atoms with Crippen LogP contribution in [0.3, 0.4) is 0 Å². The molecular formula is C15H10N2O3S2. The quantitative estimate of drug-likeness (QED) is 0.762. The normalized spacial score (nSPS) is 10.4. The molecule has 0 atom stereocenters. The molecule has 2 N–H and O–H groups in total. The van der Waals surface area contributed by atoms with E-state index in [9.17, 15) is 9.59 Å². The van der Waals surface area contributed by atoms with E-state index >= 15 is 0 Å². The second kappa shape index (κ2) is 6.08. The molecule has 0 spiro atoms. The summed E-state index contributed by atoms with van der Waals surface area (Å²) in [5, 5.41) is 13.4. The van der Waals surface area contributed by atoms with Crippen LogP contribution in [0.5, 0.6) is 0 Å². The van der Waals surface area contributed by atoms with Crippen LogP contribution in [0.1, 0.15) is 20.2 Å². The highest BCUT2D eigenvalue weighted by Gasteiger charge is 2.10. The second-order valence-electron chi connectivity index (χ2n) is 4.37. The van der Waals surface area contributed by atoms with Crippen molar-refractivity contribution in [3.8, 4) is 10.4 Å². The van der Waals surface area contributed by atoms with Gasteiger partial charge < -0.3 is 10.4 Å². The number of hydrogen-bond donors (Lipinski definition) is 2. The number of thiophene rings is 1. The lowest BCUT2D eigenvalue weighted by Gasteiger charge is -2.04. The highest BCUT2D eigenvalue weighted by atomic mass is 32.1. The van der Waals surface area contributed by atoms with Gasteiger partial charge in [0.05, 0.1) is 5.51 Å². The van der Waals surface area contributed by atoms with Gasteiger partial charge in [-0.1, -0.05) is 12.1 Å². The van der Waals surface area contributed by atoms with E-state index in [0.29, 0.717) is 16.3 Å². The minimum Gasteiger partial charge on any atom is -0.477 e. The maximum atomic E-state index is 11.9. The maximum Gasteiger partial charge on any atom is 0.345 e. The van der Waals surface area contributed by atoms with E-state index in [1.807, 2.05) is 12.1 Å². The van der Waals surface area contributed by atoms with Crippen LogP contribution < -0.4 is 5.32 Å². The number of carboxylic acids is 1. The summed E-state index contributed by atoms with van der Waals surface area (Å²) in [4.78, 5) is 27.9. The Bertz CT molecular complexity index is 808. The first-order chi connectivity index (χ1) is 10.6. The largest absolute Gasteiger partial charge is 0.477 e. The summed E-state index contributed by atoms with van der Waals surface area (Å²) in [5.41, 5.74) is 3.56. The smallest absolute Gasteiger partial charge is 0.345 e. The molecule has 3 rings (SSSR count). The molecule has 2 heterocycles. The van der Waals surface area contributed by atoms with Gasteiger partial charge in [0, 0.05) is 15.9 Å². The Kier molecular flexibility index (Phi) is 3.99. The Labute approximate surface area is 133 Å². The van der Waals surface area contributed by atoms with Gasteiger partial charge in [-0.25, -0.2) is 9.78 Å². The summed E-state index contributed by atoms with van der Waals surface area (Å²) < 4.78 is 0. The number of rotatable bonds is 4. The number of anilines is 1. The number of nitrogens with one attached hydrogen (secondary N) is 1. The van der Waals surface area contributed by atoms with Crippen molar-refractivity contribution < 1.29 is 14.7 Å².